The largest absolute Gasteiger partial charge is 0.383 e. The van der Waals surface area contributed by atoms with Gasteiger partial charge in [-0.05, 0) is 0 Å². The van der Waals surface area contributed by atoms with Crippen LogP contribution in [-0.4, -0.2) is 61.3 Å². The topological polar surface area (TPSA) is 41.5 Å². The van der Waals surface area contributed by atoms with E-state index in [9.17, 15) is 0 Å². The lowest BCUT2D eigenvalue weighted by atomic mass is 10.3. The predicted molar refractivity (Wildman–Crippen MR) is 62.6 cm³/mol. The second kappa shape index (κ2) is 5.77. The minimum atomic E-state index is 0.811. The van der Waals surface area contributed by atoms with Crippen LogP contribution in [0.2, 0.25) is 0 Å². The summed E-state index contributed by atoms with van der Waals surface area (Å²) in [5, 5.41) is 0. The molecule has 0 aliphatic carbocycles. The van der Waals surface area contributed by atoms with Crippen LogP contribution in [0.25, 0.3) is 0 Å². The number of piperazine rings is 1. The Morgan fingerprint density at radius 3 is 2.69 bits per heavy atom. The molecule has 16 heavy (non-hydrogen) atoms. The lowest BCUT2D eigenvalue weighted by Gasteiger charge is -2.34. The van der Waals surface area contributed by atoms with Gasteiger partial charge in [0.25, 0.3) is 0 Å². The van der Waals surface area contributed by atoms with E-state index in [0.29, 0.717) is 0 Å². The summed E-state index contributed by atoms with van der Waals surface area (Å²) in [6, 6.07) is 0. The van der Waals surface area contributed by atoms with Gasteiger partial charge in [0, 0.05) is 52.2 Å². The standard InChI is InChI=1S/C11H18N4O/c1-16-9-8-14-4-6-15(7-5-14)11-10-12-2-3-13-11/h2-3,10H,4-9H2,1H3. The molecule has 0 saturated carbocycles. The van der Waals surface area contributed by atoms with Gasteiger partial charge in [0.2, 0.25) is 0 Å². The van der Waals surface area contributed by atoms with Crippen LogP contribution in [0.15, 0.2) is 18.6 Å². The lowest BCUT2D eigenvalue weighted by Crippen LogP contribution is -2.47. The fourth-order valence-corrected chi connectivity index (χ4v) is 1.88. The van der Waals surface area contributed by atoms with Gasteiger partial charge in [-0.25, -0.2) is 4.98 Å². The molecular formula is C11H18N4O. The number of nitrogens with zero attached hydrogens (tertiary/aromatic N) is 4. The molecule has 1 saturated heterocycles. The zero-order valence-electron chi connectivity index (χ0n) is 9.67. The minimum absolute atomic E-state index is 0.811. The maximum Gasteiger partial charge on any atom is 0.147 e. The Morgan fingerprint density at radius 2 is 2.06 bits per heavy atom. The quantitative estimate of drug-likeness (QED) is 0.730. The summed E-state index contributed by atoms with van der Waals surface area (Å²) in [7, 11) is 1.75. The summed E-state index contributed by atoms with van der Waals surface area (Å²) in [5.74, 6) is 0.980. The molecule has 1 aliphatic heterocycles. The molecule has 0 N–H and O–H groups in total. The zero-order valence-corrected chi connectivity index (χ0v) is 9.67. The Bertz CT molecular complexity index is 298. The van der Waals surface area contributed by atoms with Crippen molar-refractivity contribution in [2.75, 3.05) is 51.3 Å². The first-order valence-corrected chi connectivity index (χ1v) is 5.62. The van der Waals surface area contributed by atoms with Crippen molar-refractivity contribution >= 4 is 5.82 Å². The molecule has 1 aromatic heterocycles. The monoisotopic (exact) mass is 222 g/mol. The molecule has 0 unspecified atom stereocenters. The average molecular weight is 222 g/mol. The highest BCUT2D eigenvalue weighted by atomic mass is 16.5. The molecule has 0 aromatic carbocycles. The summed E-state index contributed by atoms with van der Waals surface area (Å²) in [6.07, 6.45) is 5.27. The Kier molecular flexibility index (Phi) is 4.07. The Labute approximate surface area is 96.1 Å². The van der Waals surface area contributed by atoms with Crippen molar-refractivity contribution in [2.24, 2.45) is 0 Å². The van der Waals surface area contributed by atoms with Crippen LogP contribution in [0, 0.1) is 0 Å². The van der Waals surface area contributed by atoms with Gasteiger partial charge in [0.1, 0.15) is 5.82 Å². The Hall–Kier alpha value is -1.20. The van der Waals surface area contributed by atoms with Crippen LogP contribution in [0.1, 0.15) is 0 Å². The fraction of sp³-hybridized carbons (Fsp3) is 0.636. The molecule has 0 radical (unpaired) electrons. The molecule has 1 aromatic rings. The summed E-state index contributed by atoms with van der Waals surface area (Å²) in [5.41, 5.74) is 0. The van der Waals surface area contributed by atoms with E-state index in [1.54, 1.807) is 19.5 Å². The van der Waals surface area contributed by atoms with Crippen molar-refractivity contribution in [3.63, 3.8) is 0 Å². The summed E-state index contributed by atoms with van der Waals surface area (Å²) in [4.78, 5) is 13.1. The number of hydrogen-bond donors (Lipinski definition) is 0. The second-order valence-electron chi connectivity index (χ2n) is 3.89. The highest BCUT2D eigenvalue weighted by molar-refractivity contribution is 5.35. The molecule has 5 heteroatoms. The maximum absolute atomic E-state index is 5.08. The summed E-state index contributed by atoms with van der Waals surface area (Å²) < 4.78 is 5.08. The van der Waals surface area contributed by atoms with Crippen LogP contribution >= 0.6 is 0 Å². The van der Waals surface area contributed by atoms with E-state index in [0.717, 1.165) is 45.1 Å². The molecule has 0 bridgehead atoms. The second-order valence-corrected chi connectivity index (χ2v) is 3.89. The number of methoxy groups -OCH3 is 1. The van der Waals surface area contributed by atoms with Gasteiger partial charge in [-0.15, -0.1) is 0 Å². The number of aromatic nitrogens is 2. The van der Waals surface area contributed by atoms with Gasteiger partial charge in [-0.3, -0.25) is 9.88 Å². The van der Waals surface area contributed by atoms with Crippen LogP contribution in [0.5, 0.6) is 0 Å². The molecule has 2 rings (SSSR count). The third-order valence-electron chi connectivity index (χ3n) is 2.86. The van der Waals surface area contributed by atoms with Gasteiger partial charge in [-0.2, -0.15) is 0 Å². The number of anilines is 1. The predicted octanol–water partition coefficient (Wildman–Crippen LogP) is 0.245. The van der Waals surface area contributed by atoms with Crippen molar-refractivity contribution < 1.29 is 4.74 Å². The van der Waals surface area contributed by atoms with E-state index in [1.807, 2.05) is 6.20 Å². The van der Waals surface area contributed by atoms with E-state index >= 15 is 0 Å². The first-order valence-electron chi connectivity index (χ1n) is 5.62. The van der Waals surface area contributed by atoms with Crippen LogP contribution in [-0.2, 0) is 4.74 Å². The molecule has 88 valence electrons. The highest BCUT2D eigenvalue weighted by Crippen LogP contribution is 2.10. The van der Waals surface area contributed by atoms with Crippen LogP contribution in [0.4, 0.5) is 5.82 Å². The van der Waals surface area contributed by atoms with E-state index in [1.165, 1.54) is 0 Å². The van der Waals surface area contributed by atoms with Gasteiger partial charge in [0.05, 0.1) is 12.8 Å². The zero-order chi connectivity index (χ0) is 11.2. The van der Waals surface area contributed by atoms with E-state index < -0.39 is 0 Å². The number of ether oxygens (including phenoxy) is 1. The van der Waals surface area contributed by atoms with Gasteiger partial charge in [0.15, 0.2) is 0 Å². The van der Waals surface area contributed by atoms with Crippen LogP contribution in [0.3, 0.4) is 0 Å². The van der Waals surface area contributed by atoms with E-state index in [2.05, 4.69) is 19.8 Å². The third-order valence-corrected chi connectivity index (χ3v) is 2.86. The molecule has 0 spiro atoms. The van der Waals surface area contributed by atoms with Gasteiger partial charge in [-0.1, -0.05) is 0 Å². The number of hydrogen-bond acceptors (Lipinski definition) is 5. The van der Waals surface area contributed by atoms with Crippen LogP contribution < -0.4 is 4.90 Å². The van der Waals surface area contributed by atoms with Crippen molar-refractivity contribution in [2.45, 2.75) is 0 Å². The van der Waals surface area contributed by atoms with Crippen molar-refractivity contribution in [1.29, 1.82) is 0 Å². The molecular weight excluding hydrogens is 204 g/mol. The minimum Gasteiger partial charge on any atom is -0.383 e. The maximum atomic E-state index is 5.08. The molecule has 0 atom stereocenters. The normalized spacial score (nSPS) is 17.7. The van der Waals surface area contributed by atoms with Crippen molar-refractivity contribution in [3.05, 3.63) is 18.6 Å². The molecule has 0 amide bonds. The first kappa shape index (κ1) is 11.3. The molecule has 1 fully saturated rings. The van der Waals surface area contributed by atoms with Crippen molar-refractivity contribution in [1.82, 2.24) is 14.9 Å². The van der Waals surface area contributed by atoms with E-state index in [4.69, 9.17) is 4.74 Å². The smallest absolute Gasteiger partial charge is 0.147 e. The highest BCUT2D eigenvalue weighted by Gasteiger charge is 2.17. The molecule has 1 aliphatic rings. The van der Waals surface area contributed by atoms with Gasteiger partial charge < -0.3 is 9.64 Å². The summed E-state index contributed by atoms with van der Waals surface area (Å²) >= 11 is 0. The Balaban J connectivity index is 1.81. The third kappa shape index (κ3) is 2.90. The van der Waals surface area contributed by atoms with Crippen molar-refractivity contribution in [3.8, 4) is 0 Å². The van der Waals surface area contributed by atoms with E-state index in [-0.39, 0.29) is 0 Å². The average Bonchev–Trinajstić information content (AvgIpc) is 2.38. The molecule has 2 heterocycles. The lowest BCUT2D eigenvalue weighted by molar-refractivity contribution is 0.144. The fourth-order valence-electron chi connectivity index (χ4n) is 1.88. The number of rotatable bonds is 4. The Morgan fingerprint density at radius 1 is 1.25 bits per heavy atom. The summed E-state index contributed by atoms with van der Waals surface area (Å²) in [6.45, 7) is 6.00. The van der Waals surface area contributed by atoms with Gasteiger partial charge >= 0.3 is 0 Å². The first-order chi connectivity index (χ1) is 7.90. The SMILES string of the molecule is COCCN1CCN(c2cnccn2)CC1. The molecule has 5 nitrogen and oxygen atoms in total.